The molecule has 0 radical (unpaired) electrons. The highest BCUT2D eigenvalue weighted by atomic mass is 32.1. The average Bonchev–Trinajstić information content (AvgIpc) is 3.28. The molecule has 4 rings (SSSR count). The molecule has 1 N–H and O–H groups in total. The number of hydrogen-bond donors (Lipinski definition) is 1. The quantitative estimate of drug-likeness (QED) is 0.653. The van der Waals surface area contributed by atoms with Crippen LogP contribution < -0.4 is 19.9 Å². The average molecular weight is 427 g/mol. The molecule has 6 nitrogen and oxygen atoms in total. The number of halogens is 1. The van der Waals surface area contributed by atoms with Gasteiger partial charge in [0.05, 0.1) is 12.8 Å². The van der Waals surface area contributed by atoms with Crippen LogP contribution in [0.25, 0.3) is 0 Å². The molecule has 0 saturated carbocycles. The van der Waals surface area contributed by atoms with Crippen LogP contribution in [-0.2, 0) is 6.54 Å². The number of carbonyl (C=O) groups excluding carboxylic acids is 1. The molecule has 30 heavy (non-hydrogen) atoms. The number of ether oxygens (including phenoxy) is 1. The van der Waals surface area contributed by atoms with Crippen molar-refractivity contribution < 1.29 is 13.9 Å². The summed E-state index contributed by atoms with van der Waals surface area (Å²) in [5, 5.41) is 5.49. The van der Waals surface area contributed by atoms with Gasteiger partial charge in [-0.1, -0.05) is 24.3 Å². The van der Waals surface area contributed by atoms with Gasteiger partial charge in [-0.2, -0.15) is 0 Å². The van der Waals surface area contributed by atoms with Crippen molar-refractivity contribution in [1.82, 2.24) is 10.3 Å². The van der Waals surface area contributed by atoms with E-state index in [0.717, 1.165) is 29.5 Å². The van der Waals surface area contributed by atoms with Crippen molar-refractivity contribution in [3.05, 3.63) is 71.0 Å². The summed E-state index contributed by atoms with van der Waals surface area (Å²) in [6, 6.07) is 14.4. The summed E-state index contributed by atoms with van der Waals surface area (Å²) in [6.45, 7) is 3.28. The predicted molar refractivity (Wildman–Crippen MR) is 117 cm³/mol. The van der Waals surface area contributed by atoms with Crippen molar-refractivity contribution in [3.63, 3.8) is 0 Å². The monoisotopic (exact) mass is 426 g/mol. The molecule has 0 unspecified atom stereocenters. The minimum absolute atomic E-state index is 0.199. The summed E-state index contributed by atoms with van der Waals surface area (Å²) in [6.07, 6.45) is 0. The van der Waals surface area contributed by atoms with E-state index in [-0.39, 0.29) is 11.7 Å². The maximum absolute atomic E-state index is 14.0. The first kappa shape index (κ1) is 20.2. The predicted octanol–water partition coefficient (Wildman–Crippen LogP) is 3.55. The van der Waals surface area contributed by atoms with Gasteiger partial charge in [0.2, 0.25) is 0 Å². The Morgan fingerprint density at radius 1 is 1.13 bits per heavy atom. The lowest BCUT2D eigenvalue weighted by atomic mass is 10.2. The molecule has 156 valence electrons. The number of amides is 1. The molecule has 0 atom stereocenters. The van der Waals surface area contributed by atoms with E-state index in [0.29, 0.717) is 31.0 Å². The van der Waals surface area contributed by atoms with Gasteiger partial charge in [-0.05, 0) is 29.8 Å². The molecule has 0 aliphatic carbocycles. The van der Waals surface area contributed by atoms with Gasteiger partial charge in [0.15, 0.2) is 5.13 Å². The molecular formula is C22H23FN4O2S. The second-order valence-electron chi connectivity index (χ2n) is 6.98. The highest BCUT2D eigenvalue weighted by molar-refractivity contribution is 7.13. The van der Waals surface area contributed by atoms with Gasteiger partial charge in [-0.3, -0.25) is 4.79 Å². The second-order valence-corrected chi connectivity index (χ2v) is 7.81. The van der Waals surface area contributed by atoms with Gasteiger partial charge in [-0.25, -0.2) is 9.37 Å². The lowest BCUT2D eigenvalue weighted by Gasteiger charge is -2.36. The molecule has 1 amide bonds. The molecule has 2 heterocycles. The Hall–Kier alpha value is -3.13. The standard InChI is InChI=1S/C22H23FN4O2S/c1-29-17-6-4-5-16(13-17)14-24-21(28)19-15-30-22(25-19)27-11-9-26(10-12-27)20-8-3-2-7-18(20)23/h2-8,13,15H,9-12,14H2,1H3,(H,24,28). The number of thiazole rings is 1. The van der Waals surface area contributed by atoms with Crippen LogP contribution in [0, 0.1) is 5.82 Å². The van der Waals surface area contributed by atoms with Crippen molar-refractivity contribution >= 4 is 28.1 Å². The van der Waals surface area contributed by atoms with E-state index in [1.165, 1.54) is 17.4 Å². The summed E-state index contributed by atoms with van der Waals surface area (Å²) in [4.78, 5) is 21.2. The molecule has 0 bridgehead atoms. The fraction of sp³-hybridized carbons (Fsp3) is 0.273. The Labute approximate surface area is 178 Å². The van der Waals surface area contributed by atoms with Gasteiger partial charge in [-0.15, -0.1) is 11.3 Å². The van der Waals surface area contributed by atoms with Crippen LogP contribution in [0.4, 0.5) is 15.2 Å². The first-order chi connectivity index (χ1) is 14.6. The van der Waals surface area contributed by atoms with E-state index < -0.39 is 0 Å². The zero-order valence-electron chi connectivity index (χ0n) is 16.7. The number of nitrogens with one attached hydrogen (secondary N) is 1. The summed E-state index contributed by atoms with van der Waals surface area (Å²) in [5.74, 6) is 0.354. The van der Waals surface area contributed by atoms with Gasteiger partial charge >= 0.3 is 0 Å². The van der Waals surface area contributed by atoms with Gasteiger partial charge in [0, 0.05) is 38.1 Å². The number of carbonyl (C=O) groups is 1. The summed E-state index contributed by atoms with van der Waals surface area (Å²) < 4.78 is 19.2. The summed E-state index contributed by atoms with van der Waals surface area (Å²) in [5.41, 5.74) is 2.01. The summed E-state index contributed by atoms with van der Waals surface area (Å²) in [7, 11) is 1.62. The van der Waals surface area contributed by atoms with E-state index >= 15 is 0 Å². The number of benzene rings is 2. The molecule has 1 fully saturated rings. The van der Waals surface area contributed by atoms with Crippen LogP contribution in [0.15, 0.2) is 53.9 Å². The number of anilines is 2. The topological polar surface area (TPSA) is 57.7 Å². The molecule has 2 aromatic carbocycles. The van der Waals surface area contributed by atoms with E-state index in [2.05, 4.69) is 15.2 Å². The Balaban J connectivity index is 1.33. The maximum atomic E-state index is 14.0. The lowest BCUT2D eigenvalue weighted by Crippen LogP contribution is -2.46. The molecular weight excluding hydrogens is 403 g/mol. The number of nitrogens with zero attached hydrogens (tertiary/aromatic N) is 3. The van der Waals surface area contributed by atoms with Gasteiger partial charge < -0.3 is 19.9 Å². The minimum atomic E-state index is -0.203. The number of methoxy groups -OCH3 is 1. The molecule has 1 saturated heterocycles. The molecule has 1 aromatic heterocycles. The van der Waals surface area contributed by atoms with Crippen molar-refractivity contribution in [2.24, 2.45) is 0 Å². The van der Waals surface area contributed by atoms with Crippen LogP contribution in [-0.4, -0.2) is 44.2 Å². The van der Waals surface area contributed by atoms with E-state index in [9.17, 15) is 9.18 Å². The normalized spacial score (nSPS) is 13.9. The number of piperazine rings is 1. The van der Waals surface area contributed by atoms with Crippen LogP contribution in [0.3, 0.4) is 0 Å². The Bertz CT molecular complexity index is 1020. The SMILES string of the molecule is COc1cccc(CNC(=O)c2csc(N3CCN(c4ccccc4F)CC3)n2)c1. The van der Waals surface area contributed by atoms with Crippen molar-refractivity contribution in [3.8, 4) is 5.75 Å². The maximum Gasteiger partial charge on any atom is 0.271 e. The Morgan fingerprint density at radius 3 is 2.67 bits per heavy atom. The van der Waals surface area contributed by atoms with E-state index in [1.807, 2.05) is 35.2 Å². The highest BCUT2D eigenvalue weighted by Crippen LogP contribution is 2.25. The van der Waals surface area contributed by atoms with Crippen LogP contribution >= 0.6 is 11.3 Å². The Kier molecular flexibility index (Phi) is 6.13. The molecule has 8 heteroatoms. The first-order valence-electron chi connectivity index (χ1n) is 9.75. The van der Waals surface area contributed by atoms with Gasteiger partial charge in [0.25, 0.3) is 5.91 Å². The fourth-order valence-electron chi connectivity index (χ4n) is 3.42. The van der Waals surface area contributed by atoms with Crippen LogP contribution in [0.1, 0.15) is 16.1 Å². The van der Waals surface area contributed by atoms with E-state index in [4.69, 9.17) is 4.74 Å². The number of para-hydroxylation sites is 1. The van der Waals surface area contributed by atoms with E-state index in [1.54, 1.807) is 24.6 Å². The number of rotatable bonds is 6. The third-order valence-corrected chi connectivity index (χ3v) is 5.96. The van der Waals surface area contributed by atoms with Crippen LogP contribution in [0.2, 0.25) is 0 Å². The lowest BCUT2D eigenvalue weighted by molar-refractivity contribution is 0.0946. The third kappa shape index (κ3) is 4.54. The van der Waals surface area contributed by atoms with Crippen molar-refractivity contribution in [1.29, 1.82) is 0 Å². The molecule has 0 spiro atoms. The zero-order valence-corrected chi connectivity index (χ0v) is 17.5. The Morgan fingerprint density at radius 2 is 1.90 bits per heavy atom. The highest BCUT2D eigenvalue weighted by Gasteiger charge is 2.22. The minimum Gasteiger partial charge on any atom is -0.497 e. The van der Waals surface area contributed by atoms with Crippen molar-refractivity contribution in [2.75, 3.05) is 43.1 Å². The van der Waals surface area contributed by atoms with Crippen LogP contribution in [0.5, 0.6) is 5.75 Å². The second kappa shape index (κ2) is 9.13. The van der Waals surface area contributed by atoms with Crippen molar-refractivity contribution in [2.45, 2.75) is 6.54 Å². The largest absolute Gasteiger partial charge is 0.497 e. The summed E-state index contributed by atoms with van der Waals surface area (Å²) >= 11 is 1.45. The molecule has 1 aliphatic rings. The van der Waals surface area contributed by atoms with Gasteiger partial charge in [0.1, 0.15) is 17.3 Å². The smallest absolute Gasteiger partial charge is 0.271 e. The zero-order chi connectivity index (χ0) is 20.9. The fourth-order valence-corrected chi connectivity index (χ4v) is 4.28. The number of aromatic nitrogens is 1. The third-order valence-electron chi connectivity index (χ3n) is 5.06. The first-order valence-corrected chi connectivity index (χ1v) is 10.6. The molecule has 3 aromatic rings. The number of hydrogen-bond acceptors (Lipinski definition) is 6. The molecule has 1 aliphatic heterocycles.